The highest BCUT2D eigenvalue weighted by molar-refractivity contribution is 7.99. The van der Waals surface area contributed by atoms with Crippen molar-refractivity contribution in [2.24, 2.45) is 0 Å². The van der Waals surface area contributed by atoms with E-state index in [0.29, 0.717) is 0 Å². The molecule has 1 rings (SSSR count). The number of hydrogen-bond donors (Lipinski definition) is 0. The van der Waals surface area contributed by atoms with Crippen LogP contribution >= 0.6 is 11.8 Å². The first-order chi connectivity index (χ1) is 7.33. The predicted octanol–water partition coefficient (Wildman–Crippen LogP) is 4.56. The second-order valence-corrected chi connectivity index (χ2v) is 4.44. The molecule has 0 aliphatic carbocycles. The van der Waals surface area contributed by atoms with Gasteiger partial charge in [0.15, 0.2) is 0 Å². The number of benzene rings is 1. The van der Waals surface area contributed by atoms with Gasteiger partial charge in [-0.15, -0.1) is 18.3 Å². The lowest BCUT2D eigenvalue weighted by Gasteiger charge is -2.10. The Kier molecular flexibility index (Phi) is 5.27. The van der Waals surface area contributed by atoms with E-state index in [-0.39, 0.29) is 0 Å². The van der Waals surface area contributed by atoms with Crippen LogP contribution < -0.4 is 0 Å². The summed E-state index contributed by atoms with van der Waals surface area (Å²) < 4.78 is 0. The van der Waals surface area contributed by atoms with Crippen molar-refractivity contribution in [1.29, 1.82) is 0 Å². The van der Waals surface area contributed by atoms with Crippen LogP contribution in [0.3, 0.4) is 0 Å². The average molecular weight is 218 g/mol. The van der Waals surface area contributed by atoms with Gasteiger partial charge in [-0.05, 0) is 30.0 Å². The molecule has 0 atom stereocenters. The largest absolute Gasteiger partial charge is 0.126 e. The Morgan fingerprint density at radius 2 is 2.13 bits per heavy atom. The first-order valence-electron chi connectivity index (χ1n) is 5.31. The van der Waals surface area contributed by atoms with E-state index < -0.39 is 0 Å². The molecule has 0 saturated carbocycles. The summed E-state index contributed by atoms with van der Waals surface area (Å²) >= 11 is 1.91. The van der Waals surface area contributed by atoms with Crippen LogP contribution in [-0.2, 0) is 6.42 Å². The highest BCUT2D eigenvalue weighted by atomic mass is 32.2. The maximum Gasteiger partial charge on any atom is 0.0110 e. The summed E-state index contributed by atoms with van der Waals surface area (Å²) in [4.78, 5) is 1.39. The fraction of sp³-hybridized carbons (Fsp3) is 0.286. The van der Waals surface area contributed by atoms with Gasteiger partial charge in [0.2, 0.25) is 0 Å². The maximum atomic E-state index is 3.85. The molecule has 0 aliphatic heterocycles. The molecule has 1 aromatic carbocycles. The molecule has 0 bridgehead atoms. The van der Waals surface area contributed by atoms with Gasteiger partial charge in [-0.3, -0.25) is 0 Å². The van der Waals surface area contributed by atoms with Crippen LogP contribution in [0.2, 0.25) is 0 Å². The van der Waals surface area contributed by atoms with E-state index >= 15 is 0 Å². The molecule has 0 aliphatic rings. The Balaban J connectivity index is 2.85. The minimum Gasteiger partial charge on any atom is -0.126 e. The monoisotopic (exact) mass is 218 g/mol. The molecular formula is C14H18S. The van der Waals surface area contributed by atoms with Crippen molar-refractivity contribution in [2.45, 2.75) is 24.7 Å². The van der Waals surface area contributed by atoms with Gasteiger partial charge in [-0.1, -0.05) is 37.8 Å². The van der Waals surface area contributed by atoms with Crippen molar-refractivity contribution >= 4 is 17.8 Å². The van der Waals surface area contributed by atoms with Crippen LogP contribution in [0.4, 0.5) is 0 Å². The van der Waals surface area contributed by atoms with E-state index in [2.05, 4.69) is 38.3 Å². The molecule has 1 aromatic rings. The topological polar surface area (TPSA) is 0 Å². The van der Waals surface area contributed by atoms with Gasteiger partial charge in [0.1, 0.15) is 0 Å². The number of thioether (sulfide) groups is 1. The minimum atomic E-state index is 1.06. The molecule has 0 amide bonds. The molecule has 0 nitrogen and oxygen atoms in total. The van der Waals surface area contributed by atoms with Gasteiger partial charge in [0, 0.05) is 10.6 Å². The summed E-state index contributed by atoms with van der Waals surface area (Å²) in [7, 11) is 0. The summed E-state index contributed by atoms with van der Waals surface area (Å²) in [6.45, 7) is 9.78. The molecule has 0 unspecified atom stereocenters. The molecule has 1 heteroatoms. The summed E-state index contributed by atoms with van der Waals surface area (Å²) in [5, 5.41) is 0. The van der Waals surface area contributed by atoms with Crippen LogP contribution in [0.15, 0.2) is 42.3 Å². The van der Waals surface area contributed by atoms with Crippen molar-refractivity contribution in [3.63, 3.8) is 0 Å². The lowest BCUT2D eigenvalue weighted by Crippen LogP contribution is -1.90. The summed E-state index contributed by atoms with van der Waals surface area (Å²) in [5.41, 5.74) is 2.68. The fourth-order valence-corrected chi connectivity index (χ4v) is 2.66. The van der Waals surface area contributed by atoms with Crippen molar-refractivity contribution in [1.82, 2.24) is 0 Å². The molecule has 0 N–H and O–H groups in total. The van der Waals surface area contributed by atoms with Gasteiger partial charge in [-0.2, -0.15) is 0 Å². The van der Waals surface area contributed by atoms with Gasteiger partial charge >= 0.3 is 0 Å². The average Bonchev–Trinajstić information content (AvgIpc) is 2.29. The second-order valence-electron chi connectivity index (χ2n) is 3.31. The zero-order valence-electron chi connectivity index (χ0n) is 9.33. The van der Waals surface area contributed by atoms with Crippen LogP contribution in [-0.4, -0.2) is 5.75 Å². The van der Waals surface area contributed by atoms with Gasteiger partial charge in [0.05, 0.1) is 0 Å². The summed E-state index contributed by atoms with van der Waals surface area (Å²) in [5.74, 6) is 1.11. The summed E-state index contributed by atoms with van der Waals surface area (Å²) in [6, 6.07) is 6.43. The highest BCUT2D eigenvalue weighted by Crippen LogP contribution is 2.27. The molecule has 0 heterocycles. The quantitative estimate of drug-likeness (QED) is 0.383. The first kappa shape index (κ1) is 12.1. The number of hydrogen-bond acceptors (Lipinski definition) is 1. The maximum absolute atomic E-state index is 3.85. The molecule has 15 heavy (non-hydrogen) atoms. The molecule has 0 saturated heterocycles. The lowest BCUT2D eigenvalue weighted by atomic mass is 10.1. The molecule has 80 valence electrons. The van der Waals surface area contributed by atoms with E-state index in [1.165, 1.54) is 16.0 Å². The van der Waals surface area contributed by atoms with Crippen LogP contribution in [0.5, 0.6) is 0 Å². The van der Waals surface area contributed by atoms with Gasteiger partial charge < -0.3 is 0 Å². The number of allylic oxidation sites excluding steroid dienone is 1. The highest BCUT2D eigenvalue weighted by Gasteiger charge is 2.04. The SMILES string of the molecule is C=CCCSc1cccc(C=C)c1CC. The second kappa shape index (κ2) is 6.52. The third-order valence-corrected chi connectivity index (χ3v) is 3.46. The zero-order valence-corrected chi connectivity index (χ0v) is 10.1. The lowest BCUT2D eigenvalue weighted by molar-refractivity contribution is 1.07. The zero-order chi connectivity index (χ0) is 11.1. The number of rotatable bonds is 6. The molecule has 0 spiro atoms. The Labute approximate surface area is 97.1 Å². The van der Waals surface area contributed by atoms with Gasteiger partial charge in [-0.25, -0.2) is 0 Å². The van der Waals surface area contributed by atoms with E-state index in [1.54, 1.807) is 0 Å². The van der Waals surface area contributed by atoms with E-state index in [9.17, 15) is 0 Å². The van der Waals surface area contributed by atoms with E-state index in [1.807, 2.05) is 23.9 Å². The van der Waals surface area contributed by atoms with Gasteiger partial charge in [0.25, 0.3) is 0 Å². The fourth-order valence-electron chi connectivity index (χ4n) is 1.54. The Hall–Kier alpha value is -0.950. The predicted molar refractivity (Wildman–Crippen MR) is 71.4 cm³/mol. The minimum absolute atomic E-state index is 1.06. The van der Waals surface area contributed by atoms with E-state index in [4.69, 9.17) is 0 Å². The van der Waals surface area contributed by atoms with E-state index in [0.717, 1.165) is 18.6 Å². The summed E-state index contributed by atoms with van der Waals surface area (Å²) in [6.07, 6.45) is 6.04. The van der Waals surface area contributed by atoms with Crippen LogP contribution in [0, 0.1) is 0 Å². The Morgan fingerprint density at radius 3 is 2.73 bits per heavy atom. The van der Waals surface area contributed by atoms with Crippen LogP contribution in [0.25, 0.3) is 6.08 Å². The third-order valence-electron chi connectivity index (χ3n) is 2.32. The van der Waals surface area contributed by atoms with Crippen molar-refractivity contribution in [3.8, 4) is 0 Å². The molecular weight excluding hydrogens is 200 g/mol. The normalized spacial score (nSPS) is 9.93. The van der Waals surface area contributed by atoms with Crippen LogP contribution in [0.1, 0.15) is 24.5 Å². The molecule has 0 fully saturated rings. The molecule has 0 aromatic heterocycles. The van der Waals surface area contributed by atoms with Crippen molar-refractivity contribution in [3.05, 3.63) is 48.6 Å². The van der Waals surface area contributed by atoms with Crippen molar-refractivity contribution < 1.29 is 0 Å². The Bertz CT molecular complexity index is 339. The Morgan fingerprint density at radius 1 is 1.33 bits per heavy atom. The first-order valence-corrected chi connectivity index (χ1v) is 6.30. The molecule has 0 radical (unpaired) electrons. The standard InChI is InChI=1S/C14H18S/c1-4-7-11-15-14-10-8-9-12(5-2)13(14)6-3/h4-5,8-10H,1-2,6-7,11H2,3H3. The smallest absolute Gasteiger partial charge is 0.0110 e. The third kappa shape index (κ3) is 3.28. The van der Waals surface area contributed by atoms with Crippen molar-refractivity contribution in [2.75, 3.05) is 5.75 Å².